The van der Waals surface area contributed by atoms with E-state index >= 15 is 0 Å². The number of hydrogen-bond acceptors (Lipinski definition) is 3. The fraction of sp³-hybridized carbons (Fsp3) is 0.588. The summed E-state index contributed by atoms with van der Waals surface area (Å²) >= 11 is 0. The largest absolute Gasteiger partial charge is 0.385 e. The van der Waals surface area contributed by atoms with Crippen LogP contribution in [0.25, 0.3) is 0 Å². The van der Waals surface area contributed by atoms with E-state index in [4.69, 9.17) is 4.74 Å². The molecule has 21 heavy (non-hydrogen) atoms. The number of rotatable bonds is 5. The zero-order valence-electron chi connectivity index (χ0n) is 13.1. The number of amides is 1. The maximum absolute atomic E-state index is 12.7. The topological polar surface area (TPSA) is 41.6 Å². The standard InChI is InChI=1S/C17H24N2O2/c1-12-5-6-13(2)14(11-12)15-18-17(7-8-17)16(20)19(15)9-4-10-21-3/h5-6,11,15,18H,4,7-10H2,1-3H3. The molecule has 1 amide bonds. The maximum atomic E-state index is 12.7. The van der Waals surface area contributed by atoms with E-state index < -0.39 is 0 Å². The minimum atomic E-state index is -0.270. The molecule has 114 valence electrons. The van der Waals surface area contributed by atoms with Crippen LogP contribution in [0.5, 0.6) is 0 Å². The molecule has 0 aromatic heterocycles. The molecular formula is C17H24N2O2. The van der Waals surface area contributed by atoms with Crippen LogP contribution in [-0.4, -0.2) is 36.6 Å². The fourth-order valence-electron chi connectivity index (χ4n) is 3.19. The number of aryl methyl sites for hydroxylation is 2. The average Bonchev–Trinajstić information content (AvgIpc) is 3.19. The highest BCUT2D eigenvalue weighted by molar-refractivity contribution is 5.92. The predicted molar refractivity (Wildman–Crippen MR) is 82.0 cm³/mol. The van der Waals surface area contributed by atoms with Gasteiger partial charge in [0, 0.05) is 20.3 Å². The molecule has 1 N–H and O–H groups in total. The van der Waals surface area contributed by atoms with Crippen LogP contribution in [0.3, 0.4) is 0 Å². The monoisotopic (exact) mass is 288 g/mol. The fourth-order valence-corrected chi connectivity index (χ4v) is 3.19. The first kappa shape index (κ1) is 14.5. The number of methoxy groups -OCH3 is 1. The summed E-state index contributed by atoms with van der Waals surface area (Å²) in [6.45, 7) is 5.66. The molecule has 0 bridgehead atoms. The lowest BCUT2D eigenvalue weighted by molar-refractivity contribution is -0.131. The van der Waals surface area contributed by atoms with E-state index in [1.165, 1.54) is 16.7 Å². The molecule has 1 unspecified atom stereocenters. The van der Waals surface area contributed by atoms with Crippen molar-refractivity contribution in [3.8, 4) is 0 Å². The predicted octanol–water partition coefficient (Wildman–Crippen LogP) is 2.30. The van der Waals surface area contributed by atoms with Gasteiger partial charge >= 0.3 is 0 Å². The first-order valence-electron chi connectivity index (χ1n) is 7.72. The summed E-state index contributed by atoms with van der Waals surface area (Å²) in [5, 5.41) is 3.59. The minimum absolute atomic E-state index is 0.0109. The SMILES string of the molecule is COCCCN1C(=O)C2(CC2)NC1c1cc(C)ccc1C. The number of carbonyl (C=O) groups excluding carboxylic acids is 1. The van der Waals surface area contributed by atoms with Gasteiger partial charge in [0.05, 0.1) is 0 Å². The third-order valence-electron chi connectivity index (χ3n) is 4.62. The van der Waals surface area contributed by atoms with Gasteiger partial charge in [0.1, 0.15) is 11.7 Å². The van der Waals surface area contributed by atoms with Crippen LogP contribution in [0.4, 0.5) is 0 Å². The highest BCUT2D eigenvalue weighted by atomic mass is 16.5. The molecule has 1 atom stereocenters. The molecule has 2 fully saturated rings. The Morgan fingerprint density at radius 1 is 1.38 bits per heavy atom. The molecule has 1 saturated heterocycles. The Hall–Kier alpha value is -1.39. The Labute approximate surface area is 126 Å². The van der Waals surface area contributed by atoms with Crippen molar-refractivity contribution in [2.45, 2.75) is 44.8 Å². The lowest BCUT2D eigenvalue weighted by atomic mass is 10.0. The number of carbonyl (C=O) groups is 1. The van der Waals surface area contributed by atoms with E-state index in [1.807, 2.05) is 4.90 Å². The van der Waals surface area contributed by atoms with Crippen LogP contribution in [0.2, 0.25) is 0 Å². The van der Waals surface area contributed by atoms with Crippen molar-refractivity contribution in [1.29, 1.82) is 0 Å². The zero-order chi connectivity index (χ0) is 15.0. The molecule has 1 aromatic rings. The van der Waals surface area contributed by atoms with Gasteiger partial charge in [-0.1, -0.05) is 23.8 Å². The van der Waals surface area contributed by atoms with Crippen LogP contribution in [0.1, 0.15) is 42.1 Å². The lowest BCUT2D eigenvalue weighted by Gasteiger charge is -2.26. The van der Waals surface area contributed by atoms with Gasteiger partial charge in [0.25, 0.3) is 0 Å². The number of benzene rings is 1. The molecule has 1 saturated carbocycles. The van der Waals surface area contributed by atoms with E-state index in [0.29, 0.717) is 6.61 Å². The van der Waals surface area contributed by atoms with Crippen molar-refractivity contribution in [2.24, 2.45) is 0 Å². The number of hydrogen-bond donors (Lipinski definition) is 1. The summed E-state index contributed by atoms with van der Waals surface area (Å²) in [6, 6.07) is 6.46. The van der Waals surface area contributed by atoms with Crippen molar-refractivity contribution in [3.63, 3.8) is 0 Å². The lowest BCUT2D eigenvalue weighted by Crippen LogP contribution is -2.33. The molecule has 4 heteroatoms. The summed E-state index contributed by atoms with van der Waals surface area (Å²) in [4.78, 5) is 14.7. The Bertz CT molecular complexity index is 552. The van der Waals surface area contributed by atoms with Crippen molar-refractivity contribution < 1.29 is 9.53 Å². The van der Waals surface area contributed by atoms with Crippen LogP contribution < -0.4 is 5.32 Å². The second-order valence-electron chi connectivity index (χ2n) is 6.33. The van der Waals surface area contributed by atoms with Gasteiger partial charge in [-0.05, 0) is 44.2 Å². The molecule has 1 aliphatic heterocycles. The molecule has 1 heterocycles. The van der Waals surface area contributed by atoms with Gasteiger partial charge in [-0.2, -0.15) is 0 Å². The molecular weight excluding hydrogens is 264 g/mol. The normalized spacial score (nSPS) is 23.1. The van der Waals surface area contributed by atoms with Gasteiger partial charge in [0.2, 0.25) is 5.91 Å². The third kappa shape index (κ3) is 2.58. The molecule has 1 spiro atoms. The average molecular weight is 288 g/mol. The van der Waals surface area contributed by atoms with E-state index in [1.54, 1.807) is 7.11 Å². The molecule has 0 radical (unpaired) electrons. The highest BCUT2D eigenvalue weighted by Gasteiger charge is 2.59. The minimum Gasteiger partial charge on any atom is -0.385 e. The summed E-state index contributed by atoms with van der Waals surface area (Å²) < 4.78 is 5.13. The number of ether oxygens (including phenoxy) is 1. The van der Waals surface area contributed by atoms with Crippen molar-refractivity contribution in [3.05, 3.63) is 34.9 Å². The summed E-state index contributed by atoms with van der Waals surface area (Å²) in [6.07, 6.45) is 2.82. The van der Waals surface area contributed by atoms with Crippen LogP contribution in [0, 0.1) is 13.8 Å². The van der Waals surface area contributed by atoms with Crippen molar-refractivity contribution in [1.82, 2.24) is 10.2 Å². The Kier molecular flexibility index (Phi) is 3.76. The summed E-state index contributed by atoms with van der Waals surface area (Å²) in [5.41, 5.74) is 3.43. The molecule has 1 aliphatic carbocycles. The quantitative estimate of drug-likeness (QED) is 0.845. The first-order chi connectivity index (χ1) is 10.1. The Morgan fingerprint density at radius 3 is 2.81 bits per heavy atom. The first-order valence-corrected chi connectivity index (χ1v) is 7.72. The second kappa shape index (κ2) is 5.43. The summed E-state index contributed by atoms with van der Waals surface area (Å²) in [7, 11) is 1.70. The second-order valence-corrected chi connectivity index (χ2v) is 6.33. The van der Waals surface area contributed by atoms with E-state index in [-0.39, 0.29) is 17.6 Å². The van der Waals surface area contributed by atoms with Gasteiger partial charge < -0.3 is 9.64 Å². The van der Waals surface area contributed by atoms with Crippen LogP contribution in [-0.2, 0) is 9.53 Å². The third-order valence-corrected chi connectivity index (χ3v) is 4.62. The van der Waals surface area contributed by atoms with Gasteiger partial charge in [0.15, 0.2) is 0 Å². The van der Waals surface area contributed by atoms with E-state index in [0.717, 1.165) is 25.8 Å². The smallest absolute Gasteiger partial charge is 0.244 e. The van der Waals surface area contributed by atoms with Gasteiger partial charge in [-0.15, -0.1) is 0 Å². The van der Waals surface area contributed by atoms with Gasteiger partial charge in [-0.25, -0.2) is 0 Å². The highest BCUT2D eigenvalue weighted by Crippen LogP contribution is 2.46. The molecule has 3 rings (SSSR count). The van der Waals surface area contributed by atoms with Gasteiger partial charge in [-0.3, -0.25) is 10.1 Å². The molecule has 4 nitrogen and oxygen atoms in total. The summed E-state index contributed by atoms with van der Waals surface area (Å²) in [5.74, 6) is 0.268. The van der Waals surface area contributed by atoms with E-state index in [2.05, 4.69) is 37.4 Å². The van der Waals surface area contributed by atoms with Crippen molar-refractivity contribution in [2.75, 3.05) is 20.3 Å². The Morgan fingerprint density at radius 2 is 2.14 bits per heavy atom. The molecule has 2 aliphatic rings. The molecule has 1 aromatic carbocycles. The van der Waals surface area contributed by atoms with Crippen molar-refractivity contribution >= 4 is 5.91 Å². The maximum Gasteiger partial charge on any atom is 0.244 e. The zero-order valence-corrected chi connectivity index (χ0v) is 13.1. The Balaban J connectivity index is 1.87. The number of nitrogens with zero attached hydrogens (tertiary/aromatic N) is 1. The number of nitrogens with one attached hydrogen (secondary N) is 1. The van der Waals surface area contributed by atoms with Crippen LogP contribution in [0.15, 0.2) is 18.2 Å². The van der Waals surface area contributed by atoms with Crippen LogP contribution >= 0.6 is 0 Å². The van der Waals surface area contributed by atoms with E-state index in [9.17, 15) is 4.79 Å².